The van der Waals surface area contributed by atoms with Gasteiger partial charge in [-0.1, -0.05) is 30.3 Å². The fraction of sp³-hybridized carbons (Fsp3) is 0.278. The number of para-hydroxylation sites is 1. The van der Waals surface area contributed by atoms with Crippen LogP contribution in [0.1, 0.15) is 5.56 Å². The zero-order valence-corrected chi connectivity index (χ0v) is 18.5. The molecule has 0 heterocycles. The Morgan fingerprint density at radius 3 is 2.30 bits per heavy atom. The van der Waals surface area contributed by atoms with E-state index in [1.165, 1.54) is 7.05 Å². The van der Waals surface area contributed by atoms with E-state index in [1.54, 1.807) is 31.3 Å². The lowest BCUT2D eigenvalue weighted by Crippen LogP contribution is -2.38. The summed E-state index contributed by atoms with van der Waals surface area (Å²) < 4.78 is 31.3. The highest BCUT2D eigenvalue weighted by atomic mass is 127. The second kappa shape index (κ2) is 11.8. The Kier molecular flexibility index (Phi) is 10.1. The van der Waals surface area contributed by atoms with E-state index in [0.29, 0.717) is 25.7 Å². The Balaban J connectivity index is 0.00000364. The molecule has 0 aliphatic carbocycles. The highest BCUT2D eigenvalue weighted by Crippen LogP contribution is 2.10. The van der Waals surface area contributed by atoms with Crippen LogP contribution in [-0.2, 0) is 16.6 Å². The lowest BCUT2D eigenvalue weighted by Gasteiger charge is -2.13. The number of guanidine groups is 1. The topological polar surface area (TPSA) is 91.8 Å². The largest absolute Gasteiger partial charge is 0.492 e. The van der Waals surface area contributed by atoms with Gasteiger partial charge in [0.1, 0.15) is 12.4 Å². The van der Waals surface area contributed by atoms with E-state index in [-0.39, 0.29) is 28.9 Å². The van der Waals surface area contributed by atoms with Gasteiger partial charge in [0, 0.05) is 13.6 Å². The van der Waals surface area contributed by atoms with E-state index in [2.05, 4.69) is 20.3 Å². The van der Waals surface area contributed by atoms with Crippen molar-refractivity contribution in [3.8, 4) is 5.75 Å². The van der Waals surface area contributed by atoms with Gasteiger partial charge < -0.3 is 15.4 Å². The summed E-state index contributed by atoms with van der Waals surface area (Å²) in [6.07, 6.45) is 0. The molecule has 7 nitrogen and oxygen atoms in total. The minimum absolute atomic E-state index is 0. The predicted octanol–water partition coefficient (Wildman–Crippen LogP) is 1.96. The third-order valence-electron chi connectivity index (χ3n) is 3.59. The number of sulfonamides is 1. The Bertz CT molecular complexity index is 812. The summed E-state index contributed by atoms with van der Waals surface area (Å²) in [5, 5.41) is 6.34. The zero-order valence-electron chi connectivity index (χ0n) is 15.3. The minimum Gasteiger partial charge on any atom is -0.492 e. The van der Waals surface area contributed by atoms with E-state index in [0.717, 1.165) is 11.3 Å². The van der Waals surface area contributed by atoms with Gasteiger partial charge in [0.05, 0.1) is 11.4 Å². The van der Waals surface area contributed by atoms with Gasteiger partial charge in [-0.05, 0) is 36.9 Å². The number of nitrogens with one attached hydrogen (secondary N) is 3. The predicted molar refractivity (Wildman–Crippen MR) is 118 cm³/mol. The molecule has 0 aliphatic heterocycles. The molecule has 0 aliphatic rings. The first kappa shape index (κ1) is 23.2. The molecule has 0 amide bonds. The summed E-state index contributed by atoms with van der Waals surface area (Å²) in [6.45, 7) is 1.65. The van der Waals surface area contributed by atoms with Gasteiger partial charge in [0.2, 0.25) is 10.0 Å². The molecule has 148 valence electrons. The molecule has 0 atom stereocenters. The summed E-state index contributed by atoms with van der Waals surface area (Å²) in [6, 6.07) is 16.3. The van der Waals surface area contributed by atoms with Gasteiger partial charge in [-0.3, -0.25) is 4.99 Å². The van der Waals surface area contributed by atoms with Crippen LogP contribution >= 0.6 is 24.0 Å². The first-order valence-corrected chi connectivity index (χ1v) is 9.68. The monoisotopic (exact) mass is 504 g/mol. The Labute approximate surface area is 177 Å². The van der Waals surface area contributed by atoms with Gasteiger partial charge >= 0.3 is 0 Å². The van der Waals surface area contributed by atoms with Gasteiger partial charge in [-0.25, -0.2) is 13.1 Å². The van der Waals surface area contributed by atoms with Crippen LogP contribution < -0.4 is 20.1 Å². The highest BCUT2D eigenvalue weighted by Gasteiger charge is 2.10. The number of halogens is 1. The van der Waals surface area contributed by atoms with Crippen molar-refractivity contribution in [3.05, 3.63) is 60.2 Å². The number of hydrogen-bond acceptors (Lipinski definition) is 4. The SMILES string of the molecule is CN=C(NCCOc1ccccc1)NCc1ccc(S(=O)(=O)NC)cc1.I. The smallest absolute Gasteiger partial charge is 0.240 e. The first-order valence-electron chi connectivity index (χ1n) is 8.20. The molecule has 0 bridgehead atoms. The molecule has 9 heteroatoms. The number of benzene rings is 2. The third kappa shape index (κ3) is 7.73. The molecule has 0 spiro atoms. The van der Waals surface area contributed by atoms with E-state index in [9.17, 15) is 8.42 Å². The van der Waals surface area contributed by atoms with E-state index in [1.807, 2.05) is 30.3 Å². The second-order valence-electron chi connectivity index (χ2n) is 5.37. The van der Waals surface area contributed by atoms with Crippen LogP contribution in [0.4, 0.5) is 0 Å². The van der Waals surface area contributed by atoms with Crippen molar-refractivity contribution in [3.63, 3.8) is 0 Å². The lowest BCUT2D eigenvalue weighted by atomic mass is 10.2. The quantitative estimate of drug-likeness (QED) is 0.221. The second-order valence-corrected chi connectivity index (χ2v) is 7.25. The van der Waals surface area contributed by atoms with E-state index in [4.69, 9.17) is 4.74 Å². The molecule has 0 radical (unpaired) electrons. The molecule has 2 aromatic carbocycles. The number of nitrogens with zero attached hydrogens (tertiary/aromatic N) is 1. The number of aliphatic imine (C=N–C) groups is 1. The van der Waals surface area contributed by atoms with Crippen molar-refractivity contribution >= 4 is 40.0 Å². The fourth-order valence-corrected chi connectivity index (χ4v) is 2.90. The molecule has 2 aromatic rings. The molecule has 0 fully saturated rings. The molecular formula is C18H25IN4O3S. The first-order chi connectivity index (χ1) is 12.5. The summed E-state index contributed by atoms with van der Waals surface area (Å²) in [4.78, 5) is 4.39. The van der Waals surface area contributed by atoms with Crippen LogP contribution in [0.2, 0.25) is 0 Å². The maximum atomic E-state index is 11.7. The lowest BCUT2D eigenvalue weighted by molar-refractivity contribution is 0.322. The van der Waals surface area contributed by atoms with Crippen molar-refractivity contribution in [2.75, 3.05) is 27.2 Å². The molecule has 2 rings (SSSR count). The van der Waals surface area contributed by atoms with Gasteiger partial charge in [-0.2, -0.15) is 0 Å². The van der Waals surface area contributed by atoms with Crippen molar-refractivity contribution < 1.29 is 13.2 Å². The standard InChI is InChI=1S/C18H24N4O3S.HI/c1-19-18(21-12-13-25-16-6-4-3-5-7-16)22-14-15-8-10-17(11-9-15)26(23,24)20-2;/h3-11,20H,12-14H2,1-2H3,(H2,19,21,22);1H. The van der Waals surface area contributed by atoms with Gasteiger partial charge in [0.15, 0.2) is 5.96 Å². The average molecular weight is 504 g/mol. The van der Waals surface area contributed by atoms with Crippen molar-refractivity contribution in [2.24, 2.45) is 4.99 Å². The third-order valence-corrected chi connectivity index (χ3v) is 5.02. The van der Waals surface area contributed by atoms with Crippen molar-refractivity contribution in [1.29, 1.82) is 0 Å². The van der Waals surface area contributed by atoms with Crippen LogP contribution in [0.5, 0.6) is 5.75 Å². The Morgan fingerprint density at radius 2 is 1.70 bits per heavy atom. The van der Waals surface area contributed by atoms with Crippen LogP contribution in [0.3, 0.4) is 0 Å². The summed E-state index contributed by atoms with van der Waals surface area (Å²) in [5.74, 6) is 1.47. The number of rotatable bonds is 8. The van der Waals surface area contributed by atoms with Crippen LogP contribution in [0, 0.1) is 0 Å². The molecule has 0 saturated carbocycles. The zero-order chi connectivity index (χ0) is 18.8. The molecule has 0 aromatic heterocycles. The maximum absolute atomic E-state index is 11.7. The van der Waals surface area contributed by atoms with Crippen LogP contribution in [0.25, 0.3) is 0 Å². The Hall–Kier alpha value is -1.85. The van der Waals surface area contributed by atoms with Gasteiger partial charge in [-0.15, -0.1) is 24.0 Å². The van der Waals surface area contributed by atoms with Crippen LogP contribution in [-0.4, -0.2) is 41.6 Å². The van der Waals surface area contributed by atoms with Gasteiger partial charge in [0.25, 0.3) is 0 Å². The van der Waals surface area contributed by atoms with E-state index >= 15 is 0 Å². The van der Waals surface area contributed by atoms with Crippen LogP contribution in [0.15, 0.2) is 64.5 Å². The molecular weight excluding hydrogens is 479 g/mol. The number of hydrogen-bond donors (Lipinski definition) is 3. The average Bonchev–Trinajstić information content (AvgIpc) is 2.68. The molecule has 27 heavy (non-hydrogen) atoms. The highest BCUT2D eigenvalue weighted by molar-refractivity contribution is 14.0. The molecule has 3 N–H and O–H groups in total. The Morgan fingerprint density at radius 1 is 1.04 bits per heavy atom. The van der Waals surface area contributed by atoms with Crippen molar-refractivity contribution in [1.82, 2.24) is 15.4 Å². The normalized spacial score (nSPS) is 11.4. The van der Waals surface area contributed by atoms with E-state index < -0.39 is 10.0 Å². The minimum atomic E-state index is -3.41. The summed E-state index contributed by atoms with van der Waals surface area (Å²) >= 11 is 0. The fourth-order valence-electron chi connectivity index (χ4n) is 2.17. The maximum Gasteiger partial charge on any atom is 0.240 e. The van der Waals surface area contributed by atoms with Crippen molar-refractivity contribution in [2.45, 2.75) is 11.4 Å². The summed E-state index contributed by atoms with van der Waals surface area (Å²) in [5.41, 5.74) is 0.948. The molecule has 0 saturated heterocycles. The number of ether oxygens (including phenoxy) is 1. The molecule has 0 unspecified atom stereocenters. The summed E-state index contributed by atoms with van der Waals surface area (Å²) in [7, 11) is -0.328.